The second kappa shape index (κ2) is 25.3. The van der Waals surface area contributed by atoms with Crippen molar-refractivity contribution in [3.05, 3.63) is 0 Å². The van der Waals surface area contributed by atoms with Gasteiger partial charge in [-0.15, -0.1) is 0 Å². The molecular formula is C16H40S. The Morgan fingerprint density at radius 1 is 0.765 bits per heavy atom. The van der Waals surface area contributed by atoms with Gasteiger partial charge in [0.15, 0.2) is 0 Å². The quantitative estimate of drug-likeness (QED) is 0.491. The van der Waals surface area contributed by atoms with E-state index in [2.05, 4.69) is 33.4 Å². The topological polar surface area (TPSA) is 0 Å². The lowest BCUT2D eigenvalue weighted by molar-refractivity contribution is 0.303. The largest absolute Gasteiger partial charge is 0.179 e. The van der Waals surface area contributed by atoms with Gasteiger partial charge in [0, 0.05) is 0 Å². The summed E-state index contributed by atoms with van der Waals surface area (Å²) in [6, 6.07) is 0. The number of thiol groups is 1. The predicted octanol–water partition coefficient (Wildman–Crippen LogP) is 6.99. The molecule has 1 atom stereocenters. The van der Waals surface area contributed by atoms with E-state index >= 15 is 0 Å². The maximum absolute atomic E-state index is 4.41. The Bertz CT molecular complexity index is 91.5. The lowest BCUT2D eigenvalue weighted by Crippen LogP contribution is -2.17. The maximum atomic E-state index is 4.41. The van der Waals surface area contributed by atoms with Crippen LogP contribution in [0.4, 0.5) is 0 Å². The van der Waals surface area contributed by atoms with E-state index < -0.39 is 0 Å². The first-order valence-corrected chi connectivity index (χ1v) is 8.42. The summed E-state index contributed by atoms with van der Waals surface area (Å²) < 4.78 is 0. The van der Waals surface area contributed by atoms with E-state index in [9.17, 15) is 0 Å². The minimum Gasteiger partial charge on any atom is -0.179 e. The van der Waals surface area contributed by atoms with Crippen molar-refractivity contribution in [2.24, 2.45) is 5.41 Å². The molecule has 0 heterocycles. The van der Waals surface area contributed by atoms with Gasteiger partial charge >= 0.3 is 0 Å². The third-order valence-electron chi connectivity index (χ3n) is 2.37. The molecule has 0 aliphatic carbocycles. The third kappa shape index (κ3) is 22.1. The molecule has 0 saturated heterocycles. The van der Waals surface area contributed by atoms with Crippen molar-refractivity contribution in [3.63, 3.8) is 0 Å². The molecule has 110 valence electrons. The number of hydrogen-bond acceptors (Lipinski definition) is 1. The van der Waals surface area contributed by atoms with Crippen LogP contribution in [0.1, 0.15) is 94.4 Å². The average molecular weight is 265 g/mol. The van der Waals surface area contributed by atoms with E-state index in [0.29, 0.717) is 5.41 Å². The monoisotopic (exact) mass is 264 g/mol. The zero-order valence-electron chi connectivity index (χ0n) is 14.2. The third-order valence-corrected chi connectivity index (χ3v) is 3.13. The molecular weight excluding hydrogens is 224 g/mol. The van der Waals surface area contributed by atoms with Crippen LogP contribution in [-0.2, 0) is 0 Å². The summed E-state index contributed by atoms with van der Waals surface area (Å²) in [6.45, 7) is 18.9. The first-order valence-electron chi connectivity index (χ1n) is 7.79. The van der Waals surface area contributed by atoms with Crippen LogP contribution in [0.15, 0.2) is 0 Å². The molecule has 0 aromatic carbocycles. The molecule has 0 amide bonds. The Kier molecular flexibility index (Phi) is 38.7. The van der Waals surface area contributed by atoms with Crippen LogP contribution >= 0.6 is 12.6 Å². The molecule has 0 radical (unpaired) electrons. The lowest BCUT2D eigenvalue weighted by Gasteiger charge is -2.26. The van der Waals surface area contributed by atoms with Gasteiger partial charge in [0.25, 0.3) is 0 Å². The summed E-state index contributed by atoms with van der Waals surface area (Å²) in [6.07, 6.45) is 6.64. The second-order valence-corrected chi connectivity index (χ2v) is 4.14. The van der Waals surface area contributed by atoms with Crippen molar-refractivity contribution >= 4 is 12.6 Å². The standard InChI is InChI=1S/C10H22S.3C2H6/c1-4-6-8-10(3,9-11)7-5-2;3*1-2/h11H,4-9H2,1-3H3;3*1-2H3. The van der Waals surface area contributed by atoms with E-state index in [1.807, 2.05) is 41.5 Å². The SMILES string of the molecule is CC.CC.CC.CCCCC(C)(CS)CCC. The van der Waals surface area contributed by atoms with Gasteiger partial charge < -0.3 is 0 Å². The summed E-state index contributed by atoms with van der Waals surface area (Å²) in [5.74, 6) is 1.04. The zero-order chi connectivity index (χ0) is 14.7. The number of unbranched alkanes of at least 4 members (excludes halogenated alkanes) is 1. The molecule has 17 heavy (non-hydrogen) atoms. The van der Waals surface area contributed by atoms with Gasteiger partial charge in [0.1, 0.15) is 0 Å². The lowest BCUT2D eigenvalue weighted by atomic mass is 9.83. The highest BCUT2D eigenvalue weighted by Gasteiger charge is 2.19. The maximum Gasteiger partial charge on any atom is -0.00438 e. The van der Waals surface area contributed by atoms with E-state index in [0.717, 1.165) is 5.75 Å². The summed E-state index contributed by atoms with van der Waals surface area (Å²) in [5, 5.41) is 0. The van der Waals surface area contributed by atoms with Crippen LogP contribution in [0.2, 0.25) is 0 Å². The Labute approximate surface area is 118 Å². The Morgan fingerprint density at radius 2 is 1.18 bits per heavy atom. The van der Waals surface area contributed by atoms with Crippen molar-refractivity contribution in [1.82, 2.24) is 0 Å². The minimum absolute atomic E-state index is 0.508. The molecule has 0 spiro atoms. The van der Waals surface area contributed by atoms with Gasteiger partial charge in [0.2, 0.25) is 0 Å². The van der Waals surface area contributed by atoms with E-state index in [1.54, 1.807) is 0 Å². The van der Waals surface area contributed by atoms with Gasteiger partial charge in [-0.3, -0.25) is 0 Å². The molecule has 0 rings (SSSR count). The van der Waals surface area contributed by atoms with Crippen LogP contribution in [-0.4, -0.2) is 5.75 Å². The summed E-state index contributed by atoms with van der Waals surface area (Å²) in [4.78, 5) is 0. The van der Waals surface area contributed by atoms with Gasteiger partial charge in [-0.2, -0.15) is 12.6 Å². The highest BCUT2D eigenvalue weighted by Crippen LogP contribution is 2.30. The average Bonchev–Trinajstić information content (AvgIpc) is 2.43. The van der Waals surface area contributed by atoms with E-state index in [4.69, 9.17) is 0 Å². The highest BCUT2D eigenvalue weighted by atomic mass is 32.1. The molecule has 0 aromatic heterocycles. The smallest absolute Gasteiger partial charge is 0.00438 e. The van der Waals surface area contributed by atoms with Crippen molar-refractivity contribution in [2.75, 3.05) is 5.75 Å². The summed E-state index contributed by atoms with van der Waals surface area (Å²) in [5.41, 5.74) is 0.508. The van der Waals surface area contributed by atoms with Gasteiger partial charge in [-0.25, -0.2) is 0 Å². The molecule has 0 bridgehead atoms. The number of hydrogen-bond donors (Lipinski definition) is 1. The van der Waals surface area contributed by atoms with Crippen molar-refractivity contribution in [1.29, 1.82) is 0 Å². The van der Waals surface area contributed by atoms with Crippen LogP contribution < -0.4 is 0 Å². The second-order valence-electron chi connectivity index (χ2n) is 3.82. The van der Waals surface area contributed by atoms with E-state index in [1.165, 1.54) is 32.1 Å². The van der Waals surface area contributed by atoms with Crippen molar-refractivity contribution in [3.8, 4) is 0 Å². The molecule has 0 N–H and O–H groups in total. The van der Waals surface area contributed by atoms with Crippen LogP contribution in [0.25, 0.3) is 0 Å². The Balaban J connectivity index is -0.000000121. The molecule has 0 aromatic rings. The van der Waals surface area contributed by atoms with E-state index in [-0.39, 0.29) is 0 Å². The molecule has 1 heteroatoms. The fourth-order valence-corrected chi connectivity index (χ4v) is 1.81. The van der Waals surface area contributed by atoms with Crippen LogP contribution in [0.5, 0.6) is 0 Å². The fraction of sp³-hybridized carbons (Fsp3) is 1.00. The van der Waals surface area contributed by atoms with Crippen molar-refractivity contribution < 1.29 is 0 Å². The zero-order valence-corrected chi connectivity index (χ0v) is 15.1. The summed E-state index contributed by atoms with van der Waals surface area (Å²) >= 11 is 4.41. The summed E-state index contributed by atoms with van der Waals surface area (Å²) in [7, 11) is 0. The number of rotatable bonds is 6. The molecule has 0 fully saturated rings. The first-order chi connectivity index (χ1) is 8.18. The Hall–Kier alpha value is 0.350. The van der Waals surface area contributed by atoms with Crippen LogP contribution in [0, 0.1) is 5.41 Å². The first kappa shape index (κ1) is 26.0. The van der Waals surface area contributed by atoms with Crippen molar-refractivity contribution in [2.45, 2.75) is 94.4 Å². The minimum atomic E-state index is 0.508. The Morgan fingerprint density at radius 3 is 1.41 bits per heavy atom. The fourth-order valence-electron chi connectivity index (χ4n) is 1.49. The normalized spacial score (nSPS) is 11.6. The molecule has 0 saturated carbocycles. The predicted molar refractivity (Wildman–Crippen MR) is 90.4 cm³/mol. The van der Waals surface area contributed by atoms with Gasteiger partial charge in [0.05, 0.1) is 0 Å². The molecule has 1 unspecified atom stereocenters. The highest BCUT2D eigenvalue weighted by molar-refractivity contribution is 7.80. The van der Waals surface area contributed by atoms with Gasteiger partial charge in [-0.1, -0.05) is 81.6 Å². The van der Waals surface area contributed by atoms with Gasteiger partial charge in [-0.05, 0) is 24.0 Å². The molecule has 0 aliphatic rings. The van der Waals surface area contributed by atoms with Crippen LogP contribution in [0.3, 0.4) is 0 Å². The molecule has 0 nitrogen and oxygen atoms in total. The molecule has 0 aliphatic heterocycles.